The first kappa shape index (κ1) is 25.9. The largest absolute Gasteiger partial charge is 0.493 e. The molecule has 200 valence electrons. The lowest BCUT2D eigenvalue weighted by Gasteiger charge is -2.44. The third kappa shape index (κ3) is 5.03. The standard InChI is InChI=1S/C31H35NO6/c1-20-6-8-25(21(2)14-20)23-7-9-26-24(18-23)19-37-31(38-26)10-12-32(13-11-31)29(33)17-22-15-27(34-3)30(36-5)28(16-22)35-4/h6-9,14-16,18H,10-13,17,19H2,1-5H3. The van der Waals surface area contributed by atoms with Crippen LogP contribution in [0.15, 0.2) is 48.5 Å². The van der Waals surface area contributed by atoms with Crippen LogP contribution >= 0.6 is 0 Å². The Kier molecular flexibility index (Phi) is 7.21. The highest BCUT2D eigenvalue weighted by atomic mass is 16.7. The van der Waals surface area contributed by atoms with Gasteiger partial charge in [0, 0.05) is 31.5 Å². The molecular formula is C31H35NO6. The predicted molar refractivity (Wildman–Crippen MR) is 145 cm³/mol. The second-order valence-electron chi connectivity index (χ2n) is 10.0. The third-order valence-corrected chi connectivity index (χ3v) is 7.50. The van der Waals surface area contributed by atoms with E-state index >= 15 is 0 Å². The van der Waals surface area contributed by atoms with Crippen LogP contribution in [0, 0.1) is 13.8 Å². The van der Waals surface area contributed by atoms with Gasteiger partial charge in [0.2, 0.25) is 17.4 Å². The molecule has 38 heavy (non-hydrogen) atoms. The van der Waals surface area contributed by atoms with E-state index in [-0.39, 0.29) is 12.3 Å². The number of rotatable bonds is 6. The normalized spacial score (nSPS) is 16.0. The van der Waals surface area contributed by atoms with Gasteiger partial charge in [-0.2, -0.15) is 0 Å². The summed E-state index contributed by atoms with van der Waals surface area (Å²) >= 11 is 0. The molecule has 0 bridgehead atoms. The first-order valence-electron chi connectivity index (χ1n) is 12.9. The minimum Gasteiger partial charge on any atom is -0.493 e. The van der Waals surface area contributed by atoms with Gasteiger partial charge < -0.3 is 28.6 Å². The minimum atomic E-state index is -0.697. The van der Waals surface area contributed by atoms with Gasteiger partial charge in [0.25, 0.3) is 0 Å². The van der Waals surface area contributed by atoms with E-state index in [0.29, 0.717) is 49.8 Å². The topological polar surface area (TPSA) is 66.5 Å². The SMILES string of the molecule is COc1cc(CC(=O)N2CCC3(CC2)OCc2cc(-c4ccc(C)cc4C)ccc2O3)cc(OC)c1OC. The molecule has 3 aromatic carbocycles. The highest BCUT2D eigenvalue weighted by Gasteiger charge is 2.42. The smallest absolute Gasteiger partial charge is 0.227 e. The van der Waals surface area contributed by atoms with Crippen LogP contribution in [-0.4, -0.2) is 51.0 Å². The molecule has 0 atom stereocenters. The average Bonchev–Trinajstić information content (AvgIpc) is 2.92. The lowest BCUT2D eigenvalue weighted by Crippen LogP contribution is -2.52. The number of methoxy groups -OCH3 is 3. The van der Waals surface area contributed by atoms with Crippen molar-refractivity contribution in [1.82, 2.24) is 4.90 Å². The molecule has 2 aliphatic heterocycles. The molecule has 1 amide bonds. The number of hydrogen-bond donors (Lipinski definition) is 0. The number of likely N-dealkylation sites (tertiary alicyclic amines) is 1. The third-order valence-electron chi connectivity index (χ3n) is 7.50. The van der Waals surface area contributed by atoms with Crippen molar-refractivity contribution in [1.29, 1.82) is 0 Å². The Morgan fingerprint density at radius 1 is 0.921 bits per heavy atom. The minimum absolute atomic E-state index is 0.0449. The number of carbonyl (C=O) groups is 1. The van der Waals surface area contributed by atoms with Gasteiger partial charge >= 0.3 is 0 Å². The number of piperidine rings is 1. The lowest BCUT2D eigenvalue weighted by molar-refractivity contribution is -0.227. The van der Waals surface area contributed by atoms with E-state index < -0.39 is 5.79 Å². The van der Waals surface area contributed by atoms with Crippen LogP contribution in [0.3, 0.4) is 0 Å². The number of nitrogens with zero attached hydrogens (tertiary/aromatic N) is 1. The summed E-state index contributed by atoms with van der Waals surface area (Å²) in [5, 5.41) is 0. The maximum absolute atomic E-state index is 13.1. The average molecular weight is 518 g/mol. The second-order valence-corrected chi connectivity index (χ2v) is 10.0. The van der Waals surface area contributed by atoms with Crippen molar-refractivity contribution in [2.24, 2.45) is 0 Å². The van der Waals surface area contributed by atoms with E-state index in [1.165, 1.54) is 16.7 Å². The van der Waals surface area contributed by atoms with Gasteiger partial charge in [-0.3, -0.25) is 4.79 Å². The van der Waals surface area contributed by atoms with Crippen molar-refractivity contribution in [2.45, 2.75) is 45.5 Å². The maximum Gasteiger partial charge on any atom is 0.227 e. The fourth-order valence-electron chi connectivity index (χ4n) is 5.40. The van der Waals surface area contributed by atoms with E-state index in [9.17, 15) is 4.79 Å². The van der Waals surface area contributed by atoms with Gasteiger partial charge in [0.15, 0.2) is 11.5 Å². The molecule has 0 aliphatic carbocycles. The Hall–Kier alpha value is -3.71. The molecule has 1 fully saturated rings. The Morgan fingerprint density at radius 2 is 1.63 bits per heavy atom. The van der Waals surface area contributed by atoms with E-state index in [1.807, 2.05) is 17.0 Å². The first-order valence-corrected chi connectivity index (χ1v) is 12.9. The molecule has 0 saturated carbocycles. The Bertz CT molecular complexity index is 1320. The van der Waals surface area contributed by atoms with Crippen LogP contribution in [0.1, 0.15) is 35.1 Å². The molecule has 7 nitrogen and oxygen atoms in total. The summed E-state index contributed by atoms with van der Waals surface area (Å²) in [4.78, 5) is 15.0. The molecule has 0 aromatic heterocycles. The number of amides is 1. The van der Waals surface area contributed by atoms with Gasteiger partial charge in [-0.15, -0.1) is 0 Å². The first-order chi connectivity index (χ1) is 18.3. The number of carbonyl (C=O) groups excluding carboxylic acids is 1. The summed E-state index contributed by atoms with van der Waals surface area (Å²) in [6.45, 7) is 5.88. The van der Waals surface area contributed by atoms with Crippen molar-refractivity contribution in [3.05, 3.63) is 70.8 Å². The number of aryl methyl sites for hydroxylation is 2. The molecule has 7 heteroatoms. The van der Waals surface area contributed by atoms with Crippen LogP contribution in [0.2, 0.25) is 0 Å². The summed E-state index contributed by atoms with van der Waals surface area (Å²) in [5.74, 6) is 1.80. The molecule has 0 N–H and O–H groups in total. The van der Waals surface area contributed by atoms with Crippen molar-refractivity contribution >= 4 is 5.91 Å². The Labute approximate surface area is 224 Å². The molecule has 5 rings (SSSR count). The monoisotopic (exact) mass is 517 g/mol. The van der Waals surface area contributed by atoms with Crippen molar-refractivity contribution in [2.75, 3.05) is 34.4 Å². The maximum atomic E-state index is 13.1. The summed E-state index contributed by atoms with van der Waals surface area (Å²) < 4.78 is 29.0. The number of benzene rings is 3. The highest BCUT2D eigenvalue weighted by molar-refractivity contribution is 5.79. The number of ether oxygens (including phenoxy) is 5. The fraction of sp³-hybridized carbons (Fsp3) is 0.387. The Balaban J connectivity index is 1.24. The molecule has 0 radical (unpaired) electrons. The predicted octanol–water partition coefficient (Wildman–Crippen LogP) is 5.47. The second kappa shape index (κ2) is 10.6. The van der Waals surface area contributed by atoms with Gasteiger partial charge in [-0.1, -0.05) is 29.8 Å². The zero-order chi connectivity index (χ0) is 26.9. The zero-order valence-electron chi connectivity index (χ0n) is 22.8. The molecule has 2 aliphatic rings. The van der Waals surface area contributed by atoms with Crippen LogP contribution < -0.4 is 18.9 Å². The number of fused-ring (bicyclic) bond motifs is 1. The lowest BCUT2D eigenvalue weighted by atomic mass is 9.96. The van der Waals surface area contributed by atoms with Crippen LogP contribution in [0.4, 0.5) is 0 Å². The van der Waals surface area contributed by atoms with Crippen molar-refractivity contribution in [3.8, 4) is 34.1 Å². The van der Waals surface area contributed by atoms with Crippen molar-refractivity contribution in [3.63, 3.8) is 0 Å². The summed E-state index contributed by atoms with van der Waals surface area (Å²) in [6.07, 6.45) is 1.48. The molecule has 3 aromatic rings. The molecule has 1 saturated heterocycles. The van der Waals surface area contributed by atoms with E-state index in [4.69, 9.17) is 23.7 Å². The highest BCUT2D eigenvalue weighted by Crippen LogP contribution is 2.41. The molecule has 1 spiro atoms. The molecular weight excluding hydrogens is 482 g/mol. The van der Waals surface area contributed by atoms with Gasteiger partial charge in [-0.05, 0) is 60.4 Å². The summed E-state index contributed by atoms with van der Waals surface area (Å²) in [7, 11) is 4.70. The van der Waals surface area contributed by atoms with Crippen LogP contribution in [0.25, 0.3) is 11.1 Å². The van der Waals surface area contributed by atoms with E-state index in [0.717, 1.165) is 22.4 Å². The summed E-state index contributed by atoms with van der Waals surface area (Å²) in [6, 6.07) is 16.5. The van der Waals surface area contributed by atoms with E-state index in [1.54, 1.807) is 21.3 Å². The van der Waals surface area contributed by atoms with Gasteiger partial charge in [0.1, 0.15) is 5.75 Å². The zero-order valence-corrected chi connectivity index (χ0v) is 22.8. The van der Waals surface area contributed by atoms with Crippen LogP contribution in [0.5, 0.6) is 23.0 Å². The van der Waals surface area contributed by atoms with Crippen molar-refractivity contribution < 1.29 is 28.5 Å². The molecule has 2 heterocycles. The van der Waals surface area contributed by atoms with Gasteiger partial charge in [-0.25, -0.2) is 0 Å². The van der Waals surface area contributed by atoms with E-state index in [2.05, 4.69) is 50.2 Å². The fourth-order valence-corrected chi connectivity index (χ4v) is 5.40. The summed E-state index contributed by atoms with van der Waals surface area (Å²) in [5.41, 5.74) is 6.75. The quantitative estimate of drug-likeness (QED) is 0.432. The van der Waals surface area contributed by atoms with Gasteiger partial charge in [0.05, 0.1) is 34.4 Å². The Morgan fingerprint density at radius 3 is 2.26 bits per heavy atom. The molecule has 0 unspecified atom stereocenters. The van der Waals surface area contributed by atoms with Crippen LogP contribution in [-0.2, 0) is 22.6 Å². The number of hydrogen-bond acceptors (Lipinski definition) is 6.